The summed E-state index contributed by atoms with van der Waals surface area (Å²) in [4.78, 5) is 24.3. The average molecular weight is 492 g/mol. The van der Waals surface area contributed by atoms with E-state index in [2.05, 4.69) is 19.5 Å². The Morgan fingerprint density at radius 3 is 2.64 bits per heavy atom. The van der Waals surface area contributed by atoms with Crippen LogP contribution in [0, 0.1) is 5.92 Å². The zero-order chi connectivity index (χ0) is 23.4. The summed E-state index contributed by atoms with van der Waals surface area (Å²) in [6, 6.07) is 10.7. The Balaban J connectivity index is 1.33. The van der Waals surface area contributed by atoms with Crippen molar-refractivity contribution in [3.05, 3.63) is 53.2 Å². The Kier molecular flexibility index (Phi) is 7.41. The number of nitrogens with zero attached hydrogens (tertiary/aromatic N) is 4. The molecule has 2 fully saturated rings. The van der Waals surface area contributed by atoms with Crippen LogP contribution in [-0.2, 0) is 10.0 Å². The lowest BCUT2D eigenvalue weighted by Gasteiger charge is -2.39. The number of likely N-dealkylation sites (tertiary alicyclic amines) is 1. The maximum absolute atomic E-state index is 13.1. The zero-order valence-electron chi connectivity index (χ0n) is 18.8. The van der Waals surface area contributed by atoms with Gasteiger partial charge in [0.1, 0.15) is 5.82 Å². The fraction of sp³-hybridized carbons (Fsp3) is 0.478. The normalized spacial score (nSPS) is 20.0. The van der Waals surface area contributed by atoms with E-state index in [1.54, 1.807) is 12.1 Å². The van der Waals surface area contributed by atoms with Gasteiger partial charge in [0.15, 0.2) is 0 Å². The molecule has 1 aromatic heterocycles. The standard InChI is InChI=1S/C23H30ClN5O3S/c1-33(31,32)26-21-15-19(7-8-20(21)24)23(30)29-10-4-5-18(17-29)16-27-11-13-28(14-12-27)22-6-2-3-9-25-22/h2-3,6-9,15,18,26H,4-5,10-14,16-17H2,1H3. The SMILES string of the molecule is CS(=O)(=O)Nc1cc(C(=O)N2CCCC(CN3CCN(c4ccccn4)CC3)C2)ccc1Cl. The molecule has 1 aromatic carbocycles. The molecule has 0 aliphatic carbocycles. The Bertz CT molecular complexity index is 1070. The molecule has 3 heterocycles. The summed E-state index contributed by atoms with van der Waals surface area (Å²) in [6.07, 6.45) is 4.96. The van der Waals surface area contributed by atoms with Crippen LogP contribution in [0.15, 0.2) is 42.6 Å². The third kappa shape index (κ3) is 6.37. The van der Waals surface area contributed by atoms with Crippen molar-refractivity contribution in [2.45, 2.75) is 12.8 Å². The Labute approximate surface area is 200 Å². The van der Waals surface area contributed by atoms with E-state index in [1.165, 1.54) is 6.07 Å². The topological polar surface area (TPSA) is 85.8 Å². The molecule has 2 aliphatic heterocycles. The van der Waals surface area contributed by atoms with Crippen LogP contribution < -0.4 is 9.62 Å². The molecular formula is C23H30ClN5O3S. The largest absolute Gasteiger partial charge is 0.354 e. The Morgan fingerprint density at radius 1 is 1.15 bits per heavy atom. The maximum Gasteiger partial charge on any atom is 0.253 e. The quantitative estimate of drug-likeness (QED) is 0.668. The maximum atomic E-state index is 13.1. The molecule has 0 bridgehead atoms. The minimum atomic E-state index is -3.49. The predicted molar refractivity (Wildman–Crippen MR) is 131 cm³/mol. The number of hydrogen-bond acceptors (Lipinski definition) is 6. The molecule has 0 saturated carbocycles. The monoisotopic (exact) mass is 491 g/mol. The Morgan fingerprint density at radius 2 is 1.94 bits per heavy atom. The van der Waals surface area contributed by atoms with E-state index in [4.69, 9.17) is 11.6 Å². The van der Waals surface area contributed by atoms with Crippen LogP contribution in [0.3, 0.4) is 0 Å². The third-order valence-electron chi connectivity index (χ3n) is 6.18. The highest BCUT2D eigenvalue weighted by molar-refractivity contribution is 7.92. The van der Waals surface area contributed by atoms with Gasteiger partial charge in [-0.25, -0.2) is 13.4 Å². The molecule has 1 N–H and O–H groups in total. The molecule has 2 aromatic rings. The van der Waals surface area contributed by atoms with Gasteiger partial charge in [-0.3, -0.25) is 14.4 Å². The first-order valence-corrected chi connectivity index (χ1v) is 13.5. The van der Waals surface area contributed by atoms with E-state index >= 15 is 0 Å². The van der Waals surface area contributed by atoms with Crippen LogP contribution >= 0.6 is 11.6 Å². The first kappa shape index (κ1) is 23.8. The van der Waals surface area contributed by atoms with E-state index in [1.807, 2.05) is 29.3 Å². The van der Waals surface area contributed by atoms with Crippen molar-refractivity contribution >= 4 is 39.0 Å². The number of anilines is 2. The first-order chi connectivity index (χ1) is 15.8. The number of rotatable bonds is 6. The van der Waals surface area contributed by atoms with Crippen LogP contribution in [0.25, 0.3) is 0 Å². The van der Waals surface area contributed by atoms with Crippen molar-refractivity contribution in [2.75, 3.05) is 61.7 Å². The first-order valence-electron chi connectivity index (χ1n) is 11.2. The van der Waals surface area contributed by atoms with Crippen molar-refractivity contribution in [1.29, 1.82) is 0 Å². The van der Waals surface area contributed by atoms with Gasteiger partial charge in [0.2, 0.25) is 10.0 Å². The van der Waals surface area contributed by atoms with Crippen LogP contribution in [0.4, 0.5) is 11.5 Å². The number of carbonyl (C=O) groups excluding carboxylic acids is 1. The minimum Gasteiger partial charge on any atom is -0.354 e. The zero-order valence-corrected chi connectivity index (χ0v) is 20.4. The van der Waals surface area contributed by atoms with E-state index in [9.17, 15) is 13.2 Å². The van der Waals surface area contributed by atoms with Gasteiger partial charge in [-0.1, -0.05) is 17.7 Å². The number of piperidine rings is 1. The van der Waals surface area contributed by atoms with Gasteiger partial charge in [-0.15, -0.1) is 0 Å². The van der Waals surface area contributed by atoms with E-state index < -0.39 is 10.0 Å². The molecule has 2 aliphatic rings. The average Bonchev–Trinajstić information content (AvgIpc) is 2.80. The number of benzene rings is 1. The molecule has 1 unspecified atom stereocenters. The smallest absolute Gasteiger partial charge is 0.253 e. The summed E-state index contributed by atoms with van der Waals surface area (Å²) >= 11 is 6.11. The van der Waals surface area contributed by atoms with Gasteiger partial charge in [0, 0.05) is 57.6 Å². The summed E-state index contributed by atoms with van der Waals surface area (Å²) in [5.74, 6) is 1.36. The van der Waals surface area contributed by atoms with Crippen molar-refractivity contribution < 1.29 is 13.2 Å². The molecule has 1 amide bonds. The molecule has 33 heavy (non-hydrogen) atoms. The molecule has 4 rings (SSSR count). The second-order valence-corrected chi connectivity index (χ2v) is 11.0. The lowest BCUT2D eigenvalue weighted by Crippen LogP contribution is -2.50. The van der Waals surface area contributed by atoms with Crippen molar-refractivity contribution in [3.8, 4) is 0 Å². The number of nitrogens with one attached hydrogen (secondary N) is 1. The molecule has 0 spiro atoms. The van der Waals surface area contributed by atoms with Gasteiger partial charge in [0.25, 0.3) is 5.91 Å². The Hall–Kier alpha value is -2.36. The molecule has 178 valence electrons. The molecular weight excluding hydrogens is 462 g/mol. The number of aromatic nitrogens is 1. The van der Waals surface area contributed by atoms with Gasteiger partial charge >= 0.3 is 0 Å². The summed E-state index contributed by atoms with van der Waals surface area (Å²) < 4.78 is 25.6. The number of piperazine rings is 1. The highest BCUT2D eigenvalue weighted by atomic mass is 35.5. The molecule has 1 atom stereocenters. The summed E-state index contributed by atoms with van der Waals surface area (Å²) in [6.45, 7) is 6.26. The van der Waals surface area contributed by atoms with Gasteiger partial charge in [-0.05, 0) is 49.1 Å². The van der Waals surface area contributed by atoms with Gasteiger partial charge in [-0.2, -0.15) is 0 Å². The van der Waals surface area contributed by atoms with Crippen LogP contribution in [0.5, 0.6) is 0 Å². The number of sulfonamides is 1. The summed E-state index contributed by atoms with van der Waals surface area (Å²) in [5.41, 5.74) is 0.666. The second-order valence-electron chi connectivity index (χ2n) is 8.80. The van der Waals surface area contributed by atoms with Crippen molar-refractivity contribution in [3.63, 3.8) is 0 Å². The lowest BCUT2D eigenvalue weighted by molar-refractivity contribution is 0.0637. The molecule has 10 heteroatoms. The predicted octanol–water partition coefficient (Wildman–Crippen LogP) is 2.78. The number of carbonyl (C=O) groups is 1. The number of pyridine rings is 1. The lowest BCUT2D eigenvalue weighted by atomic mass is 9.96. The summed E-state index contributed by atoms with van der Waals surface area (Å²) in [5, 5.41) is 0.262. The minimum absolute atomic E-state index is 0.0899. The van der Waals surface area contributed by atoms with Gasteiger partial charge < -0.3 is 9.80 Å². The third-order valence-corrected chi connectivity index (χ3v) is 7.10. The van der Waals surface area contributed by atoms with Crippen LogP contribution in [-0.4, -0.2) is 81.2 Å². The van der Waals surface area contributed by atoms with E-state index in [-0.39, 0.29) is 16.6 Å². The van der Waals surface area contributed by atoms with Crippen LogP contribution in [0.2, 0.25) is 5.02 Å². The number of amides is 1. The number of halogens is 1. The van der Waals surface area contributed by atoms with Gasteiger partial charge in [0.05, 0.1) is 17.0 Å². The second kappa shape index (κ2) is 10.3. The number of hydrogen-bond donors (Lipinski definition) is 1. The molecule has 2 saturated heterocycles. The van der Waals surface area contributed by atoms with E-state index in [0.717, 1.165) is 57.6 Å². The highest BCUT2D eigenvalue weighted by Crippen LogP contribution is 2.26. The highest BCUT2D eigenvalue weighted by Gasteiger charge is 2.28. The van der Waals surface area contributed by atoms with E-state index in [0.29, 0.717) is 24.6 Å². The fourth-order valence-electron chi connectivity index (χ4n) is 4.58. The fourth-order valence-corrected chi connectivity index (χ4v) is 5.37. The van der Waals surface area contributed by atoms with Crippen molar-refractivity contribution in [2.24, 2.45) is 5.92 Å². The molecule has 0 radical (unpaired) electrons. The van der Waals surface area contributed by atoms with Crippen molar-refractivity contribution in [1.82, 2.24) is 14.8 Å². The molecule has 8 nitrogen and oxygen atoms in total. The summed E-state index contributed by atoms with van der Waals surface area (Å²) in [7, 11) is -3.49. The van der Waals surface area contributed by atoms with Crippen LogP contribution in [0.1, 0.15) is 23.2 Å².